The first-order chi connectivity index (χ1) is 7.18. The molecule has 0 aliphatic rings. The number of rotatable bonds is 1. The van der Waals surface area contributed by atoms with Crippen molar-refractivity contribution >= 4 is 17.4 Å². The summed E-state index contributed by atoms with van der Waals surface area (Å²) in [4.78, 5) is 17.8. The van der Waals surface area contributed by atoms with E-state index in [9.17, 15) is 4.79 Å². The fourth-order valence-corrected chi connectivity index (χ4v) is 1.52. The first kappa shape index (κ1) is 9.73. The van der Waals surface area contributed by atoms with Crippen molar-refractivity contribution in [3.05, 3.63) is 46.0 Å². The monoisotopic (exact) mass is 221 g/mol. The van der Waals surface area contributed by atoms with Crippen molar-refractivity contribution in [2.75, 3.05) is 5.73 Å². The largest absolute Gasteiger partial charge is 0.383 e. The predicted molar refractivity (Wildman–Crippen MR) is 59.7 cm³/mol. The van der Waals surface area contributed by atoms with Crippen LogP contribution in [0.15, 0.2) is 35.1 Å². The number of nitrogen functional groups attached to an aromatic ring is 1. The summed E-state index contributed by atoms with van der Waals surface area (Å²) in [6.07, 6.45) is 0. The van der Waals surface area contributed by atoms with Gasteiger partial charge in [0.2, 0.25) is 5.28 Å². The molecule has 0 amide bonds. The summed E-state index contributed by atoms with van der Waals surface area (Å²) >= 11 is 5.56. The van der Waals surface area contributed by atoms with Crippen molar-refractivity contribution in [2.45, 2.75) is 0 Å². The van der Waals surface area contributed by atoms with Crippen LogP contribution in [0.3, 0.4) is 0 Å². The Morgan fingerprint density at radius 2 is 1.93 bits per heavy atom. The molecule has 5 heteroatoms. The maximum absolute atomic E-state index is 11.6. The highest BCUT2D eigenvalue weighted by molar-refractivity contribution is 6.28. The summed E-state index contributed by atoms with van der Waals surface area (Å²) in [5, 5.41) is -0.00261. The number of benzene rings is 1. The van der Waals surface area contributed by atoms with Gasteiger partial charge in [-0.05, 0) is 17.2 Å². The fraction of sp³-hybridized carbons (Fsp3) is 0. The van der Waals surface area contributed by atoms with E-state index in [0.29, 0.717) is 5.56 Å². The lowest BCUT2D eigenvalue weighted by molar-refractivity contribution is 1.13. The molecular formula is C10H8ClN3O. The number of halogens is 1. The van der Waals surface area contributed by atoms with Gasteiger partial charge in [-0.3, -0.25) is 9.78 Å². The number of nitrogens with two attached hydrogens (primary N) is 1. The molecule has 0 atom stereocenters. The minimum absolute atomic E-state index is 0.00261. The molecule has 0 aliphatic carbocycles. The van der Waals surface area contributed by atoms with Gasteiger partial charge < -0.3 is 5.73 Å². The molecule has 1 aromatic carbocycles. The third-order valence-electron chi connectivity index (χ3n) is 1.98. The number of H-pyrrole nitrogens is 1. The summed E-state index contributed by atoms with van der Waals surface area (Å²) in [6.45, 7) is 0. The predicted octanol–water partition coefficient (Wildman–Crippen LogP) is 1.67. The summed E-state index contributed by atoms with van der Waals surface area (Å²) in [6, 6.07) is 9.08. The number of hydrogen-bond acceptors (Lipinski definition) is 3. The SMILES string of the molecule is Nc1nc(Cl)[nH]c(=O)c1-c1ccccc1. The second-order valence-electron chi connectivity index (χ2n) is 2.98. The van der Waals surface area contributed by atoms with Gasteiger partial charge in [-0.25, -0.2) is 4.98 Å². The van der Waals surface area contributed by atoms with Gasteiger partial charge in [0, 0.05) is 0 Å². The molecule has 4 nitrogen and oxygen atoms in total. The van der Waals surface area contributed by atoms with Crippen molar-refractivity contribution in [3.63, 3.8) is 0 Å². The molecule has 3 N–H and O–H groups in total. The fourth-order valence-electron chi connectivity index (χ4n) is 1.35. The van der Waals surface area contributed by atoms with Crippen molar-refractivity contribution in [1.82, 2.24) is 9.97 Å². The van der Waals surface area contributed by atoms with E-state index in [2.05, 4.69) is 9.97 Å². The quantitative estimate of drug-likeness (QED) is 0.720. The van der Waals surface area contributed by atoms with E-state index in [1.807, 2.05) is 18.2 Å². The van der Waals surface area contributed by atoms with Crippen LogP contribution in [0.2, 0.25) is 5.28 Å². The summed E-state index contributed by atoms with van der Waals surface area (Å²) in [5.41, 5.74) is 6.37. The molecule has 0 bridgehead atoms. The molecule has 0 aliphatic heterocycles. The molecule has 0 fully saturated rings. The van der Waals surface area contributed by atoms with Crippen LogP contribution in [-0.4, -0.2) is 9.97 Å². The highest BCUT2D eigenvalue weighted by Crippen LogP contribution is 2.19. The Morgan fingerprint density at radius 3 is 2.53 bits per heavy atom. The first-order valence-electron chi connectivity index (χ1n) is 4.29. The molecule has 0 unspecified atom stereocenters. The van der Waals surface area contributed by atoms with Gasteiger partial charge in [0.15, 0.2) is 0 Å². The van der Waals surface area contributed by atoms with Gasteiger partial charge in [0.1, 0.15) is 5.82 Å². The second kappa shape index (κ2) is 3.74. The first-order valence-corrected chi connectivity index (χ1v) is 4.67. The molecule has 2 aromatic rings. The van der Waals surface area contributed by atoms with Gasteiger partial charge in [-0.1, -0.05) is 30.3 Å². The van der Waals surface area contributed by atoms with E-state index in [0.717, 1.165) is 5.56 Å². The number of anilines is 1. The van der Waals surface area contributed by atoms with Crippen molar-refractivity contribution < 1.29 is 0 Å². The van der Waals surface area contributed by atoms with Crippen LogP contribution < -0.4 is 11.3 Å². The van der Waals surface area contributed by atoms with Crippen LogP contribution in [0, 0.1) is 0 Å². The van der Waals surface area contributed by atoms with Crippen LogP contribution in [0.1, 0.15) is 0 Å². The molecular weight excluding hydrogens is 214 g/mol. The highest BCUT2D eigenvalue weighted by atomic mass is 35.5. The molecule has 0 spiro atoms. The average molecular weight is 222 g/mol. The molecule has 15 heavy (non-hydrogen) atoms. The number of hydrogen-bond donors (Lipinski definition) is 2. The van der Waals surface area contributed by atoms with Crippen LogP contribution >= 0.6 is 11.6 Å². The van der Waals surface area contributed by atoms with Crippen LogP contribution in [0.5, 0.6) is 0 Å². The molecule has 0 saturated carbocycles. The molecule has 2 rings (SSSR count). The molecule has 1 aromatic heterocycles. The number of aromatic amines is 1. The van der Waals surface area contributed by atoms with Gasteiger partial charge >= 0.3 is 0 Å². The van der Waals surface area contributed by atoms with Gasteiger partial charge in [-0.2, -0.15) is 0 Å². The summed E-state index contributed by atoms with van der Waals surface area (Å²) in [7, 11) is 0. The lowest BCUT2D eigenvalue weighted by Crippen LogP contribution is -2.13. The minimum atomic E-state index is -0.335. The van der Waals surface area contributed by atoms with Gasteiger partial charge in [0.05, 0.1) is 5.56 Å². The Bertz CT molecular complexity index is 536. The number of nitrogens with zero attached hydrogens (tertiary/aromatic N) is 1. The molecule has 76 valence electrons. The van der Waals surface area contributed by atoms with E-state index in [4.69, 9.17) is 17.3 Å². The van der Waals surface area contributed by atoms with E-state index in [1.165, 1.54) is 0 Å². The minimum Gasteiger partial charge on any atom is -0.383 e. The van der Waals surface area contributed by atoms with E-state index in [1.54, 1.807) is 12.1 Å². The topological polar surface area (TPSA) is 71.8 Å². The maximum Gasteiger partial charge on any atom is 0.261 e. The Balaban J connectivity index is 2.69. The summed E-state index contributed by atoms with van der Waals surface area (Å²) < 4.78 is 0. The van der Waals surface area contributed by atoms with E-state index < -0.39 is 0 Å². The average Bonchev–Trinajstić information content (AvgIpc) is 2.17. The summed E-state index contributed by atoms with van der Waals surface area (Å²) in [5.74, 6) is 0.134. The van der Waals surface area contributed by atoms with Gasteiger partial charge in [-0.15, -0.1) is 0 Å². The van der Waals surface area contributed by atoms with Crippen LogP contribution in [0.4, 0.5) is 5.82 Å². The normalized spacial score (nSPS) is 10.2. The Labute approximate surface area is 90.7 Å². The number of aromatic nitrogens is 2. The Morgan fingerprint density at radius 1 is 1.27 bits per heavy atom. The molecule has 0 radical (unpaired) electrons. The lowest BCUT2D eigenvalue weighted by Gasteiger charge is -2.03. The van der Waals surface area contributed by atoms with E-state index >= 15 is 0 Å². The van der Waals surface area contributed by atoms with E-state index in [-0.39, 0.29) is 16.7 Å². The zero-order valence-electron chi connectivity index (χ0n) is 7.70. The third-order valence-corrected chi connectivity index (χ3v) is 2.16. The Kier molecular flexibility index (Phi) is 2.43. The molecule has 1 heterocycles. The third kappa shape index (κ3) is 1.85. The van der Waals surface area contributed by atoms with Crippen molar-refractivity contribution in [1.29, 1.82) is 0 Å². The Hall–Kier alpha value is -1.81. The van der Waals surface area contributed by atoms with Crippen molar-refractivity contribution in [2.24, 2.45) is 0 Å². The lowest BCUT2D eigenvalue weighted by atomic mass is 10.1. The van der Waals surface area contributed by atoms with Crippen molar-refractivity contribution in [3.8, 4) is 11.1 Å². The molecule has 0 saturated heterocycles. The zero-order chi connectivity index (χ0) is 10.8. The standard InChI is InChI=1S/C10H8ClN3O/c11-10-13-8(12)7(9(15)14-10)6-4-2-1-3-5-6/h1-5H,(H3,12,13,14,15). The maximum atomic E-state index is 11.6. The zero-order valence-corrected chi connectivity index (χ0v) is 8.45. The second-order valence-corrected chi connectivity index (χ2v) is 3.34. The van der Waals surface area contributed by atoms with Gasteiger partial charge in [0.25, 0.3) is 5.56 Å². The smallest absolute Gasteiger partial charge is 0.261 e. The van der Waals surface area contributed by atoms with Crippen LogP contribution in [-0.2, 0) is 0 Å². The van der Waals surface area contributed by atoms with Crippen LogP contribution in [0.25, 0.3) is 11.1 Å². The number of nitrogens with one attached hydrogen (secondary N) is 1. The highest BCUT2D eigenvalue weighted by Gasteiger charge is 2.09.